The predicted molar refractivity (Wildman–Crippen MR) is 127 cm³/mol. The minimum Gasteiger partial charge on any atom is -0.207 e. The van der Waals surface area contributed by atoms with Gasteiger partial charge in [-0.25, -0.2) is 8.78 Å². The first kappa shape index (κ1) is 22.0. The van der Waals surface area contributed by atoms with Crippen LogP contribution >= 0.6 is 0 Å². The van der Waals surface area contributed by atoms with Gasteiger partial charge in [0.2, 0.25) is 0 Å². The van der Waals surface area contributed by atoms with Crippen molar-refractivity contribution in [1.29, 1.82) is 0 Å². The second kappa shape index (κ2) is 10.4. The highest BCUT2D eigenvalue weighted by Gasteiger charge is 2.22. The molecule has 0 nitrogen and oxygen atoms in total. The van der Waals surface area contributed by atoms with Crippen molar-refractivity contribution >= 4 is 10.8 Å². The Balaban J connectivity index is 1.41. The van der Waals surface area contributed by atoms with Crippen molar-refractivity contribution in [3.63, 3.8) is 0 Å². The van der Waals surface area contributed by atoms with Crippen molar-refractivity contribution in [3.8, 4) is 11.1 Å². The molecular formula is C29H34F2. The Morgan fingerprint density at radius 3 is 2.39 bits per heavy atom. The highest BCUT2D eigenvalue weighted by atomic mass is 19.1. The van der Waals surface area contributed by atoms with Gasteiger partial charge in [0.25, 0.3) is 0 Å². The van der Waals surface area contributed by atoms with Crippen LogP contribution in [0, 0.1) is 17.6 Å². The lowest BCUT2D eigenvalue weighted by Crippen LogP contribution is -2.13. The van der Waals surface area contributed by atoms with Gasteiger partial charge in [-0.2, -0.15) is 0 Å². The molecule has 0 unspecified atom stereocenters. The van der Waals surface area contributed by atoms with Crippen molar-refractivity contribution in [2.24, 2.45) is 5.92 Å². The Hall–Kier alpha value is -2.22. The minimum atomic E-state index is -0.344. The van der Waals surface area contributed by atoms with Gasteiger partial charge in [-0.05, 0) is 66.2 Å². The first-order valence-electron chi connectivity index (χ1n) is 12.1. The molecule has 0 bridgehead atoms. The monoisotopic (exact) mass is 420 g/mol. The number of rotatable bonds is 8. The molecule has 1 aliphatic carbocycles. The van der Waals surface area contributed by atoms with Gasteiger partial charge < -0.3 is 0 Å². The fourth-order valence-corrected chi connectivity index (χ4v) is 5.26. The highest BCUT2D eigenvalue weighted by Crippen LogP contribution is 2.39. The fourth-order valence-electron chi connectivity index (χ4n) is 5.26. The van der Waals surface area contributed by atoms with E-state index < -0.39 is 0 Å². The number of hydrogen-bond donors (Lipinski definition) is 0. The first-order valence-corrected chi connectivity index (χ1v) is 12.1. The third kappa shape index (κ3) is 5.34. The number of unbranched alkanes of at least 4 members (excludes halogenated alkanes) is 4. The van der Waals surface area contributed by atoms with Crippen molar-refractivity contribution in [1.82, 2.24) is 0 Å². The van der Waals surface area contributed by atoms with Crippen LogP contribution in [0.3, 0.4) is 0 Å². The predicted octanol–water partition coefficient (Wildman–Crippen LogP) is 9.42. The van der Waals surface area contributed by atoms with E-state index in [-0.39, 0.29) is 11.6 Å². The van der Waals surface area contributed by atoms with Crippen LogP contribution < -0.4 is 0 Å². The molecule has 3 aromatic carbocycles. The topological polar surface area (TPSA) is 0 Å². The van der Waals surface area contributed by atoms with E-state index in [2.05, 4.69) is 19.1 Å². The summed E-state index contributed by atoms with van der Waals surface area (Å²) in [6.45, 7) is 2.27. The lowest BCUT2D eigenvalue weighted by atomic mass is 9.76. The molecule has 0 N–H and O–H groups in total. The van der Waals surface area contributed by atoms with E-state index in [0.717, 1.165) is 11.3 Å². The number of fused-ring (bicyclic) bond motifs is 1. The van der Waals surface area contributed by atoms with E-state index in [1.54, 1.807) is 18.2 Å². The molecule has 0 atom stereocenters. The molecule has 0 radical (unpaired) electrons. The summed E-state index contributed by atoms with van der Waals surface area (Å²) in [5.74, 6) is 0.877. The fraction of sp³-hybridized carbons (Fsp3) is 0.448. The first-order chi connectivity index (χ1) is 15.2. The standard InChI is InChI=1S/C29H34F2/c1-2-3-4-5-6-8-21-11-13-22(14-12-21)23-15-17-28-25(19-23)16-18-27(29(28)31)24-9-7-10-26(30)20-24/h7,9-10,15-22H,2-6,8,11-14H2,1H3. The zero-order valence-corrected chi connectivity index (χ0v) is 18.7. The van der Waals surface area contributed by atoms with Gasteiger partial charge in [0.1, 0.15) is 11.6 Å². The van der Waals surface area contributed by atoms with Crippen molar-refractivity contribution < 1.29 is 8.78 Å². The Morgan fingerprint density at radius 2 is 1.61 bits per heavy atom. The van der Waals surface area contributed by atoms with E-state index in [0.29, 0.717) is 22.4 Å². The normalized spacial score (nSPS) is 19.1. The van der Waals surface area contributed by atoms with Gasteiger partial charge in [-0.3, -0.25) is 0 Å². The van der Waals surface area contributed by atoms with Crippen LogP contribution in [-0.2, 0) is 0 Å². The Morgan fingerprint density at radius 1 is 0.806 bits per heavy atom. The lowest BCUT2D eigenvalue weighted by Gasteiger charge is -2.29. The molecule has 0 heterocycles. The summed E-state index contributed by atoms with van der Waals surface area (Å²) in [4.78, 5) is 0. The molecule has 31 heavy (non-hydrogen) atoms. The third-order valence-electron chi connectivity index (χ3n) is 7.15. The Labute approximate surface area is 185 Å². The van der Waals surface area contributed by atoms with Gasteiger partial charge in [-0.15, -0.1) is 0 Å². The van der Waals surface area contributed by atoms with Crippen LogP contribution in [0.15, 0.2) is 54.6 Å². The smallest absolute Gasteiger partial charge is 0.138 e. The Bertz CT molecular complexity index is 999. The van der Waals surface area contributed by atoms with Gasteiger partial charge >= 0.3 is 0 Å². The molecule has 0 amide bonds. The summed E-state index contributed by atoms with van der Waals surface area (Å²) < 4.78 is 28.8. The quantitative estimate of drug-likeness (QED) is 0.318. The average molecular weight is 421 g/mol. The van der Waals surface area contributed by atoms with Crippen molar-refractivity contribution in [2.45, 2.75) is 77.0 Å². The van der Waals surface area contributed by atoms with E-state index >= 15 is 4.39 Å². The maximum absolute atomic E-state index is 15.2. The van der Waals surface area contributed by atoms with E-state index in [9.17, 15) is 4.39 Å². The second-order valence-electron chi connectivity index (χ2n) is 9.34. The van der Waals surface area contributed by atoms with Crippen LogP contribution in [0.2, 0.25) is 0 Å². The summed E-state index contributed by atoms with van der Waals surface area (Å²) in [5.41, 5.74) is 2.38. The summed E-state index contributed by atoms with van der Waals surface area (Å²) in [6.07, 6.45) is 13.4. The summed E-state index contributed by atoms with van der Waals surface area (Å²) in [7, 11) is 0. The molecule has 3 aromatic rings. The van der Waals surface area contributed by atoms with Crippen LogP contribution in [0.1, 0.15) is 82.6 Å². The zero-order valence-electron chi connectivity index (χ0n) is 18.7. The molecule has 0 saturated heterocycles. The largest absolute Gasteiger partial charge is 0.207 e. The number of benzene rings is 3. The molecule has 0 aromatic heterocycles. The van der Waals surface area contributed by atoms with Crippen molar-refractivity contribution in [3.05, 3.63) is 71.8 Å². The van der Waals surface area contributed by atoms with Gasteiger partial charge in [0.05, 0.1) is 0 Å². The van der Waals surface area contributed by atoms with Gasteiger partial charge in [0.15, 0.2) is 0 Å². The molecule has 0 spiro atoms. The molecule has 1 saturated carbocycles. The molecule has 0 aliphatic heterocycles. The maximum Gasteiger partial charge on any atom is 0.138 e. The lowest BCUT2D eigenvalue weighted by molar-refractivity contribution is 0.302. The molecule has 1 aliphatic rings. The van der Waals surface area contributed by atoms with Crippen molar-refractivity contribution in [2.75, 3.05) is 0 Å². The van der Waals surface area contributed by atoms with Gasteiger partial charge in [0, 0.05) is 10.9 Å². The summed E-state index contributed by atoms with van der Waals surface area (Å²) >= 11 is 0. The molecule has 2 heteroatoms. The number of halogens is 2. The second-order valence-corrected chi connectivity index (χ2v) is 9.34. The molecular weight excluding hydrogens is 386 g/mol. The summed E-state index contributed by atoms with van der Waals surface area (Å²) in [5, 5.41) is 1.56. The maximum atomic E-state index is 15.2. The number of hydrogen-bond acceptors (Lipinski definition) is 0. The summed E-state index contributed by atoms with van der Waals surface area (Å²) in [6, 6.07) is 16.1. The highest BCUT2D eigenvalue weighted by molar-refractivity contribution is 5.88. The van der Waals surface area contributed by atoms with Crippen LogP contribution in [0.25, 0.3) is 21.9 Å². The minimum absolute atomic E-state index is 0.263. The van der Waals surface area contributed by atoms with Crippen LogP contribution in [0.5, 0.6) is 0 Å². The van der Waals surface area contributed by atoms with Gasteiger partial charge in [-0.1, -0.05) is 87.9 Å². The SMILES string of the molecule is CCCCCCCC1CCC(c2ccc3c(F)c(-c4cccc(F)c4)ccc3c2)CC1. The Kier molecular flexibility index (Phi) is 7.37. The molecule has 1 fully saturated rings. The average Bonchev–Trinajstić information content (AvgIpc) is 2.79. The van der Waals surface area contributed by atoms with E-state index in [1.807, 2.05) is 12.1 Å². The van der Waals surface area contributed by atoms with E-state index in [1.165, 1.54) is 81.9 Å². The van der Waals surface area contributed by atoms with Crippen LogP contribution in [0.4, 0.5) is 8.78 Å². The zero-order chi connectivity index (χ0) is 21.6. The third-order valence-corrected chi connectivity index (χ3v) is 7.15. The van der Waals surface area contributed by atoms with E-state index in [4.69, 9.17) is 0 Å². The molecule has 164 valence electrons. The van der Waals surface area contributed by atoms with Crippen LogP contribution in [-0.4, -0.2) is 0 Å². The molecule has 4 rings (SSSR count).